The van der Waals surface area contributed by atoms with Crippen LogP contribution in [0.15, 0.2) is 83.9 Å². The number of amides is 2. The number of carbonyl (C=O) groups is 2. The molecule has 1 fully saturated rings. The van der Waals surface area contributed by atoms with E-state index in [4.69, 9.17) is 11.6 Å². The molecule has 3 aromatic carbocycles. The highest BCUT2D eigenvalue weighted by Gasteiger charge is 2.36. The number of carbonyl (C=O) groups excluding carboxylic acids is 2. The molecule has 0 bridgehead atoms. The number of hydrogen-bond donors (Lipinski definition) is 1. The van der Waals surface area contributed by atoms with Crippen LogP contribution in [0.5, 0.6) is 0 Å². The van der Waals surface area contributed by atoms with Crippen LogP contribution in [0.2, 0.25) is 5.02 Å². The van der Waals surface area contributed by atoms with E-state index in [1.54, 1.807) is 29.2 Å². The molecule has 0 aromatic heterocycles. The Bertz CT molecular complexity index is 1140. The summed E-state index contributed by atoms with van der Waals surface area (Å²) >= 11 is 7.11. The maximum absolute atomic E-state index is 13.3. The summed E-state index contributed by atoms with van der Waals surface area (Å²) in [6.07, 6.45) is 0.0410. The smallest absolute Gasteiger partial charge is 0.238 e. The number of amidine groups is 1. The topological polar surface area (TPSA) is 61.8 Å². The van der Waals surface area contributed by atoms with Crippen molar-refractivity contribution in [1.82, 2.24) is 4.90 Å². The second-order valence-corrected chi connectivity index (χ2v) is 8.75. The van der Waals surface area contributed by atoms with E-state index < -0.39 is 5.25 Å². The summed E-state index contributed by atoms with van der Waals surface area (Å²) in [5.41, 5.74) is 2.03. The van der Waals surface area contributed by atoms with Gasteiger partial charge in [0, 0.05) is 17.1 Å². The average molecular weight is 468 g/mol. The molecule has 1 atom stereocenters. The van der Waals surface area contributed by atoms with Crippen molar-refractivity contribution in [2.45, 2.75) is 18.2 Å². The van der Waals surface area contributed by atoms with Gasteiger partial charge in [-0.25, -0.2) is 9.38 Å². The van der Waals surface area contributed by atoms with Gasteiger partial charge in [-0.3, -0.25) is 14.5 Å². The zero-order valence-corrected chi connectivity index (χ0v) is 18.4. The van der Waals surface area contributed by atoms with Crippen molar-refractivity contribution < 1.29 is 14.0 Å². The van der Waals surface area contributed by atoms with Gasteiger partial charge in [-0.15, -0.1) is 0 Å². The lowest BCUT2D eigenvalue weighted by atomic mass is 10.2. The monoisotopic (exact) mass is 467 g/mol. The second-order valence-electron chi connectivity index (χ2n) is 7.14. The minimum absolute atomic E-state index is 0.0410. The van der Waals surface area contributed by atoms with E-state index in [0.717, 1.165) is 5.56 Å². The van der Waals surface area contributed by atoms with E-state index in [2.05, 4.69) is 10.3 Å². The first-order valence-corrected chi connectivity index (χ1v) is 11.2. The highest BCUT2D eigenvalue weighted by atomic mass is 35.5. The Kier molecular flexibility index (Phi) is 6.87. The van der Waals surface area contributed by atoms with E-state index in [1.165, 1.54) is 36.0 Å². The minimum atomic E-state index is -0.649. The Balaban J connectivity index is 1.58. The van der Waals surface area contributed by atoms with Gasteiger partial charge in [0.05, 0.1) is 12.2 Å². The van der Waals surface area contributed by atoms with Crippen LogP contribution in [0.25, 0.3) is 0 Å². The van der Waals surface area contributed by atoms with Crippen molar-refractivity contribution in [3.8, 4) is 0 Å². The van der Waals surface area contributed by atoms with Gasteiger partial charge in [0.2, 0.25) is 11.8 Å². The van der Waals surface area contributed by atoms with E-state index in [-0.39, 0.29) is 24.1 Å². The Hall–Kier alpha value is -3.16. The maximum Gasteiger partial charge on any atom is 0.238 e. The number of aliphatic imine (C=N–C) groups is 1. The molecule has 1 heterocycles. The molecule has 2 amide bonds. The third-order valence-corrected chi connectivity index (χ3v) is 6.22. The summed E-state index contributed by atoms with van der Waals surface area (Å²) in [6.45, 7) is 0.332. The van der Waals surface area contributed by atoms with Crippen molar-refractivity contribution >= 4 is 51.7 Å². The number of benzene rings is 3. The van der Waals surface area contributed by atoms with Gasteiger partial charge in [0.25, 0.3) is 0 Å². The number of hydrogen-bond acceptors (Lipinski definition) is 4. The number of nitrogens with one attached hydrogen (secondary N) is 1. The first kappa shape index (κ1) is 22.0. The third-order valence-electron chi connectivity index (χ3n) is 4.78. The fraction of sp³-hybridized carbons (Fsp3) is 0.125. The lowest BCUT2D eigenvalue weighted by Crippen LogP contribution is -2.44. The third kappa shape index (κ3) is 5.55. The molecule has 1 aliphatic heterocycles. The van der Waals surface area contributed by atoms with Gasteiger partial charge < -0.3 is 5.32 Å². The summed E-state index contributed by atoms with van der Waals surface area (Å²) in [5, 5.41) is 3.13. The maximum atomic E-state index is 13.3. The first-order valence-electron chi connectivity index (χ1n) is 9.89. The molecule has 0 spiro atoms. The summed E-state index contributed by atoms with van der Waals surface area (Å²) in [4.78, 5) is 32.0. The predicted molar refractivity (Wildman–Crippen MR) is 127 cm³/mol. The zero-order valence-electron chi connectivity index (χ0n) is 16.9. The molecule has 162 valence electrons. The minimum Gasteiger partial charge on any atom is -0.325 e. The molecule has 3 aromatic rings. The van der Waals surface area contributed by atoms with Crippen LogP contribution in [-0.4, -0.2) is 27.1 Å². The summed E-state index contributed by atoms with van der Waals surface area (Å²) in [7, 11) is 0. The fourth-order valence-electron chi connectivity index (χ4n) is 3.14. The molecule has 32 heavy (non-hydrogen) atoms. The van der Waals surface area contributed by atoms with Crippen LogP contribution < -0.4 is 5.32 Å². The zero-order chi connectivity index (χ0) is 22.5. The van der Waals surface area contributed by atoms with Crippen LogP contribution in [0.4, 0.5) is 15.8 Å². The Morgan fingerprint density at radius 3 is 2.44 bits per heavy atom. The quantitative estimate of drug-likeness (QED) is 0.528. The van der Waals surface area contributed by atoms with E-state index >= 15 is 0 Å². The van der Waals surface area contributed by atoms with Gasteiger partial charge in [-0.2, -0.15) is 0 Å². The van der Waals surface area contributed by atoms with E-state index in [1.807, 2.05) is 30.3 Å². The molecule has 1 aliphatic rings. The van der Waals surface area contributed by atoms with Crippen LogP contribution in [-0.2, 0) is 16.1 Å². The number of nitrogens with zero attached hydrogens (tertiary/aromatic N) is 2. The average Bonchev–Trinajstić information content (AvgIpc) is 2.79. The standard InChI is InChI=1S/C24H19ClFN3O2S/c25-17-6-10-19(11-7-17)27-23(31)21-14-22(30)29(15-16-4-2-1-3-5-16)24(32-21)28-20-12-8-18(26)9-13-20/h1-13,21H,14-15H2,(H,27,31)/t21-/m0/s1. The van der Waals surface area contributed by atoms with Crippen LogP contribution in [0, 0.1) is 5.82 Å². The van der Waals surface area contributed by atoms with Gasteiger partial charge in [0.15, 0.2) is 5.17 Å². The van der Waals surface area contributed by atoms with E-state index in [0.29, 0.717) is 28.1 Å². The Morgan fingerprint density at radius 1 is 1.06 bits per heavy atom. The summed E-state index contributed by atoms with van der Waals surface area (Å²) in [5.74, 6) is -0.871. The Morgan fingerprint density at radius 2 is 1.75 bits per heavy atom. The lowest BCUT2D eigenvalue weighted by molar-refractivity contribution is -0.129. The molecule has 0 radical (unpaired) electrons. The van der Waals surface area contributed by atoms with Crippen molar-refractivity contribution in [3.63, 3.8) is 0 Å². The molecule has 0 unspecified atom stereocenters. The molecule has 1 N–H and O–H groups in total. The molecule has 0 saturated carbocycles. The predicted octanol–water partition coefficient (Wildman–Crippen LogP) is 5.64. The number of rotatable bonds is 5. The molecular formula is C24H19ClFN3O2S. The van der Waals surface area contributed by atoms with Crippen molar-refractivity contribution in [2.75, 3.05) is 5.32 Å². The Labute approximate surface area is 194 Å². The SMILES string of the molecule is O=C(Nc1ccc(Cl)cc1)[C@@H]1CC(=O)N(Cc2ccccc2)C(=Nc2ccc(F)cc2)S1. The lowest BCUT2D eigenvalue weighted by Gasteiger charge is -2.32. The van der Waals surface area contributed by atoms with Crippen LogP contribution in [0.1, 0.15) is 12.0 Å². The summed E-state index contributed by atoms with van der Waals surface area (Å²) < 4.78 is 13.3. The molecule has 8 heteroatoms. The van der Waals surface area contributed by atoms with Crippen LogP contribution >= 0.6 is 23.4 Å². The first-order chi connectivity index (χ1) is 15.5. The number of anilines is 1. The van der Waals surface area contributed by atoms with Gasteiger partial charge in [0.1, 0.15) is 11.1 Å². The molecule has 1 saturated heterocycles. The molecule has 4 rings (SSSR count). The second kappa shape index (κ2) is 9.97. The molecular weight excluding hydrogens is 449 g/mol. The van der Waals surface area contributed by atoms with Gasteiger partial charge in [-0.05, 0) is 54.1 Å². The van der Waals surface area contributed by atoms with Crippen molar-refractivity contribution in [2.24, 2.45) is 4.99 Å². The van der Waals surface area contributed by atoms with E-state index in [9.17, 15) is 14.0 Å². The van der Waals surface area contributed by atoms with Gasteiger partial charge >= 0.3 is 0 Å². The van der Waals surface area contributed by atoms with Crippen LogP contribution in [0.3, 0.4) is 0 Å². The summed E-state index contributed by atoms with van der Waals surface area (Å²) in [6, 6.07) is 22.0. The van der Waals surface area contributed by atoms with Crippen molar-refractivity contribution in [3.05, 3.63) is 95.3 Å². The van der Waals surface area contributed by atoms with Crippen molar-refractivity contribution in [1.29, 1.82) is 0 Å². The number of halogens is 2. The molecule has 5 nitrogen and oxygen atoms in total. The normalized spacial score (nSPS) is 17.4. The highest BCUT2D eigenvalue weighted by Crippen LogP contribution is 2.31. The highest BCUT2D eigenvalue weighted by molar-refractivity contribution is 8.15. The largest absolute Gasteiger partial charge is 0.325 e. The fourth-order valence-corrected chi connectivity index (χ4v) is 4.37. The van der Waals surface area contributed by atoms with Gasteiger partial charge in [-0.1, -0.05) is 53.7 Å². The molecule has 0 aliphatic carbocycles. The number of thioether (sulfide) groups is 1.